The molecule has 3 aromatic rings. The van der Waals surface area contributed by atoms with E-state index in [2.05, 4.69) is 32.4 Å². The monoisotopic (exact) mass is 605 g/mol. The van der Waals surface area contributed by atoms with E-state index in [0.717, 1.165) is 42.8 Å². The Labute approximate surface area is 243 Å². The van der Waals surface area contributed by atoms with Crippen molar-refractivity contribution >= 4 is 32.5 Å². The van der Waals surface area contributed by atoms with Gasteiger partial charge in [-0.05, 0) is 70.1 Å². The molecule has 226 valence electrons. The van der Waals surface area contributed by atoms with Gasteiger partial charge in [0.1, 0.15) is 17.8 Å². The Bertz CT molecular complexity index is 1620. The van der Waals surface area contributed by atoms with Gasteiger partial charge in [-0.15, -0.1) is 0 Å². The van der Waals surface area contributed by atoms with Gasteiger partial charge in [0.25, 0.3) is 5.91 Å². The summed E-state index contributed by atoms with van der Waals surface area (Å²) in [6.45, 7) is -1.19. The van der Waals surface area contributed by atoms with Crippen molar-refractivity contribution in [2.24, 2.45) is 0 Å². The van der Waals surface area contributed by atoms with E-state index in [9.17, 15) is 26.4 Å². The SMILES string of the molecule is COc1ccc(S(C)(=O)=O)cc1NCC#Cc1cc(C(=O)NC2CCC(N(C)C)CC2)c2ncn(CC(F)(F)F)c2c1. The van der Waals surface area contributed by atoms with Crippen LogP contribution in [-0.4, -0.2) is 81.0 Å². The van der Waals surface area contributed by atoms with Crippen LogP contribution in [-0.2, 0) is 16.4 Å². The summed E-state index contributed by atoms with van der Waals surface area (Å²) in [5.41, 5.74) is 1.23. The average Bonchev–Trinajstić information content (AvgIpc) is 3.31. The van der Waals surface area contributed by atoms with Gasteiger partial charge in [-0.25, -0.2) is 13.4 Å². The third-order valence-corrected chi connectivity index (χ3v) is 8.39. The maximum Gasteiger partial charge on any atom is 0.406 e. The van der Waals surface area contributed by atoms with Gasteiger partial charge in [-0.1, -0.05) is 11.8 Å². The van der Waals surface area contributed by atoms with Gasteiger partial charge in [0.15, 0.2) is 9.84 Å². The van der Waals surface area contributed by atoms with Crippen LogP contribution in [0.15, 0.2) is 41.6 Å². The zero-order valence-corrected chi connectivity index (χ0v) is 24.7. The number of hydrogen-bond acceptors (Lipinski definition) is 7. The van der Waals surface area contributed by atoms with Gasteiger partial charge >= 0.3 is 6.18 Å². The zero-order chi connectivity index (χ0) is 30.7. The van der Waals surface area contributed by atoms with E-state index in [1.165, 1.54) is 37.4 Å². The third-order valence-electron chi connectivity index (χ3n) is 7.28. The van der Waals surface area contributed by atoms with Gasteiger partial charge in [0, 0.05) is 23.9 Å². The highest BCUT2D eigenvalue weighted by atomic mass is 32.2. The minimum Gasteiger partial charge on any atom is -0.495 e. The number of imidazole rings is 1. The van der Waals surface area contributed by atoms with Crippen LogP contribution in [0.3, 0.4) is 0 Å². The van der Waals surface area contributed by atoms with Gasteiger partial charge in [-0.2, -0.15) is 13.2 Å². The molecule has 2 aromatic carbocycles. The Hall–Kier alpha value is -3.76. The van der Waals surface area contributed by atoms with Crippen molar-refractivity contribution in [2.45, 2.75) is 55.4 Å². The van der Waals surface area contributed by atoms with Crippen LogP contribution in [0.4, 0.5) is 18.9 Å². The Morgan fingerprint density at radius 3 is 2.50 bits per heavy atom. The van der Waals surface area contributed by atoms with Crippen molar-refractivity contribution in [3.8, 4) is 17.6 Å². The molecule has 0 aliphatic heterocycles. The summed E-state index contributed by atoms with van der Waals surface area (Å²) in [5, 5.41) is 6.05. The van der Waals surface area contributed by atoms with Crippen LogP contribution in [0.5, 0.6) is 5.75 Å². The predicted molar refractivity (Wildman–Crippen MR) is 154 cm³/mol. The van der Waals surface area contributed by atoms with Gasteiger partial charge < -0.3 is 24.8 Å². The lowest BCUT2D eigenvalue weighted by molar-refractivity contribution is -0.139. The summed E-state index contributed by atoms with van der Waals surface area (Å²) in [6.07, 6.45) is 1.17. The van der Waals surface area contributed by atoms with Gasteiger partial charge in [0.2, 0.25) is 0 Å². The number of aromatic nitrogens is 2. The second kappa shape index (κ2) is 12.6. The molecule has 13 heteroatoms. The second-order valence-electron chi connectivity index (χ2n) is 10.6. The number of ether oxygens (including phenoxy) is 1. The Kier molecular flexibility index (Phi) is 9.37. The number of halogens is 3. The summed E-state index contributed by atoms with van der Waals surface area (Å²) >= 11 is 0. The summed E-state index contributed by atoms with van der Waals surface area (Å²) < 4.78 is 69.9. The average molecular weight is 606 g/mol. The molecule has 0 radical (unpaired) electrons. The highest BCUT2D eigenvalue weighted by Gasteiger charge is 2.30. The van der Waals surface area contributed by atoms with E-state index in [4.69, 9.17) is 4.74 Å². The van der Waals surface area contributed by atoms with Crippen LogP contribution >= 0.6 is 0 Å². The zero-order valence-electron chi connectivity index (χ0n) is 23.9. The second-order valence-corrected chi connectivity index (χ2v) is 12.6. The molecule has 1 heterocycles. The van der Waals surface area contributed by atoms with E-state index in [1.807, 2.05) is 14.1 Å². The van der Waals surface area contributed by atoms with Crippen molar-refractivity contribution < 1.29 is 31.1 Å². The van der Waals surface area contributed by atoms with Crippen molar-refractivity contribution in [1.82, 2.24) is 19.8 Å². The molecule has 1 saturated carbocycles. The van der Waals surface area contributed by atoms with E-state index in [-0.39, 0.29) is 34.1 Å². The number of carbonyl (C=O) groups is 1. The number of hydrogen-bond donors (Lipinski definition) is 2. The minimum atomic E-state index is -4.48. The topological polar surface area (TPSA) is 106 Å². The highest BCUT2D eigenvalue weighted by molar-refractivity contribution is 7.90. The smallest absolute Gasteiger partial charge is 0.406 e. The Balaban J connectivity index is 1.60. The molecule has 0 atom stereocenters. The lowest BCUT2D eigenvalue weighted by Gasteiger charge is -2.33. The predicted octanol–water partition coefficient (Wildman–Crippen LogP) is 4.08. The maximum absolute atomic E-state index is 13.4. The molecule has 0 unspecified atom stereocenters. The number of fused-ring (bicyclic) bond motifs is 1. The third kappa shape index (κ3) is 7.74. The number of rotatable bonds is 8. The molecule has 1 aliphatic carbocycles. The molecule has 42 heavy (non-hydrogen) atoms. The minimum absolute atomic E-state index is 0.0439. The first kappa shape index (κ1) is 31.2. The van der Waals surface area contributed by atoms with E-state index >= 15 is 0 Å². The maximum atomic E-state index is 13.4. The number of amides is 1. The first-order valence-corrected chi connectivity index (χ1v) is 15.3. The van der Waals surface area contributed by atoms with Crippen molar-refractivity contribution in [3.63, 3.8) is 0 Å². The Morgan fingerprint density at radius 1 is 1.17 bits per heavy atom. The van der Waals surface area contributed by atoms with Crippen LogP contribution in [0.2, 0.25) is 0 Å². The lowest BCUT2D eigenvalue weighted by atomic mass is 9.90. The number of carbonyl (C=O) groups excluding carboxylic acids is 1. The molecule has 4 rings (SSSR count). The quantitative estimate of drug-likeness (QED) is 0.373. The number of sulfone groups is 1. The summed E-state index contributed by atoms with van der Waals surface area (Å²) in [4.78, 5) is 19.8. The number of benzene rings is 2. The molecular formula is C29H34F3N5O4S. The highest BCUT2D eigenvalue weighted by Crippen LogP contribution is 2.28. The van der Waals surface area contributed by atoms with E-state index < -0.39 is 28.5 Å². The van der Waals surface area contributed by atoms with Crippen LogP contribution in [0.25, 0.3) is 11.0 Å². The van der Waals surface area contributed by atoms with E-state index in [1.54, 1.807) is 0 Å². The lowest BCUT2D eigenvalue weighted by Crippen LogP contribution is -2.41. The fourth-order valence-electron chi connectivity index (χ4n) is 5.07. The molecule has 1 fully saturated rings. The fraction of sp³-hybridized carbons (Fsp3) is 0.448. The van der Waals surface area contributed by atoms with Crippen LogP contribution < -0.4 is 15.4 Å². The number of nitrogens with zero attached hydrogens (tertiary/aromatic N) is 3. The first-order valence-electron chi connectivity index (χ1n) is 13.4. The van der Waals surface area contributed by atoms with Gasteiger partial charge in [0.05, 0.1) is 41.6 Å². The van der Waals surface area contributed by atoms with Crippen molar-refractivity contribution in [2.75, 3.05) is 39.3 Å². The van der Waals surface area contributed by atoms with Crippen LogP contribution in [0.1, 0.15) is 41.6 Å². The summed E-state index contributed by atoms with van der Waals surface area (Å²) in [6, 6.07) is 7.81. The molecule has 1 amide bonds. The molecule has 2 N–H and O–H groups in total. The fourth-order valence-corrected chi connectivity index (χ4v) is 5.72. The molecule has 1 aliphatic rings. The molecular weight excluding hydrogens is 571 g/mol. The van der Waals surface area contributed by atoms with Gasteiger partial charge in [-0.3, -0.25) is 4.79 Å². The molecule has 1 aromatic heterocycles. The first-order chi connectivity index (χ1) is 19.7. The number of methoxy groups -OCH3 is 1. The largest absolute Gasteiger partial charge is 0.495 e. The molecule has 0 spiro atoms. The normalized spacial score (nSPS) is 17.5. The Morgan fingerprint density at radius 2 is 1.88 bits per heavy atom. The molecule has 9 nitrogen and oxygen atoms in total. The molecule has 0 bridgehead atoms. The number of nitrogens with one attached hydrogen (secondary N) is 2. The molecule has 0 saturated heterocycles. The summed E-state index contributed by atoms with van der Waals surface area (Å²) in [5.74, 6) is 5.81. The van der Waals surface area contributed by atoms with Crippen LogP contribution in [0, 0.1) is 11.8 Å². The standard InChI is InChI=1S/C29H34F3N5O4S/c1-36(2)21-9-7-20(8-10-21)35-28(38)23-14-19(15-25-27(23)34-18-37(25)17-29(30,31)32)6-5-13-33-24-16-22(42(4,39)40)11-12-26(24)41-3/h11-12,14-16,18,20-21,33H,7-10,13,17H2,1-4H3,(H,35,38). The van der Waals surface area contributed by atoms with E-state index in [0.29, 0.717) is 23.0 Å². The summed E-state index contributed by atoms with van der Waals surface area (Å²) in [7, 11) is 2.06. The van der Waals surface area contributed by atoms with Crippen molar-refractivity contribution in [3.05, 3.63) is 47.8 Å². The number of anilines is 1. The van der Waals surface area contributed by atoms with Crippen molar-refractivity contribution in [1.29, 1.82) is 0 Å². The number of alkyl halides is 3.